The van der Waals surface area contributed by atoms with Gasteiger partial charge in [0.05, 0.1) is 0 Å². The number of nitrogen functional groups attached to an aromatic ring is 1. The minimum Gasteiger partial charge on any atom is -0.508 e. The molecule has 1 aromatic rings. The molecule has 1 amide bonds. The Hall–Kier alpha value is -1.91. The summed E-state index contributed by atoms with van der Waals surface area (Å²) in [6.07, 6.45) is -0.725. The van der Waals surface area contributed by atoms with Gasteiger partial charge >= 0.3 is 6.09 Å². The third-order valence-electron chi connectivity index (χ3n) is 1.28. The first-order valence-corrected chi connectivity index (χ1v) is 4.73. The van der Waals surface area contributed by atoms with Crippen LogP contribution in [0.2, 0.25) is 0 Å². The van der Waals surface area contributed by atoms with Crippen LogP contribution in [0.3, 0.4) is 0 Å². The fourth-order valence-electron chi connectivity index (χ4n) is 0.827. The average molecular weight is 226 g/mol. The number of primary amides is 1. The van der Waals surface area contributed by atoms with Crippen LogP contribution < -0.4 is 11.5 Å². The van der Waals surface area contributed by atoms with Crippen LogP contribution in [0.15, 0.2) is 24.3 Å². The smallest absolute Gasteiger partial charge is 0.405 e. The van der Waals surface area contributed by atoms with Gasteiger partial charge in [-0.2, -0.15) is 0 Å². The Kier molecular flexibility index (Phi) is 5.15. The Morgan fingerprint density at radius 1 is 1.38 bits per heavy atom. The molecule has 0 saturated heterocycles. The van der Waals surface area contributed by atoms with Crippen molar-refractivity contribution < 1.29 is 14.6 Å². The summed E-state index contributed by atoms with van der Waals surface area (Å²) in [4.78, 5) is 10.0. The maximum absolute atomic E-state index is 10.0. The van der Waals surface area contributed by atoms with E-state index in [2.05, 4.69) is 4.74 Å². The van der Waals surface area contributed by atoms with Crippen molar-refractivity contribution >= 4 is 11.8 Å². The van der Waals surface area contributed by atoms with E-state index in [9.17, 15) is 4.79 Å². The van der Waals surface area contributed by atoms with Gasteiger partial charge in [-0.1, -0.05) is 6.07 Å². The number of carbonyl (C=O) groups is 1. The van der Waals surface area contributed by atoms with Gasteiger partial charge < -0.3 is 21.3 Å². The van der Waals surface area contributed by atoms with Crippen LogP contribution in [0.5, 0.6) is 5.75 Å². The normalized spacial score (nSPS) is 9.94. The molecule has 0 bridgehead atoms. The van der Waals surface area contributed by atoms with Crippen molar-refractivity contribution in [1.29, 1.82) is 0 Å². The quantitative estimate of drug-likeness (QED) is 0.588. The monoisotopic (exact) mass is 226 g/mol. The van der Waals surface area contributed by atoms with Gasteiger partial charge in [0.2, 0.25) is 0 Å². The second-order valence-electron chi connectivity index (χ2n) is 4.13. The van der Waals surface area contributed by atoms with Crippen molar-refractivity contribution in [3.63, 3.8) is 0 Å². The van der Waals surface area contributed by atoms with E-state index in [0.717, 1.165) is 0 Å². The molecular weight excluding hydrogens is 208 g/mol. The lowest BCUT2D eigenvalue weighted by Crippen LogP contribution is -2.27. The molecule has 0 aliphatic carbocycles. The fourth-order valence-corrected chi connectivity index (χ4v) is 0.827. The molecule has 0 aliphatic rings. The van der Waals surface area contributed by atoms with Crippen molar-refractivity contribution in [2.24, 2.45) is 5.73 Å². The van der Waals surface area contributed by atoms with Gasteiger partial charge in [0, 0.05) is 11.8 Å². The average Bonchev–Trinajstić information content (AvgIpc) is 1.98. The van der Waals surface area contributed by atoms with E-state index in [1.807, 2.05) is 0 Å². The Morgan fingerprint density at radius 2 is 1.94 bits per heavy atom. The number of phenolic OH excluding ortho intramolecular Hbond substituents is 1. The van der Waals surface area contributed by atoms with Crippen LogP contribution in [-0.4, -0.2) is 16.8 Å². The zero-order chi connectivity index (χ0) is 12.8. The molecule has 5 nitrogen and oxygen atoms in total. The first kappa shape index (κ1) is 14.1. The lowest BCUT2D eigenvalue weighted by atomic mass is 10.2. The molecule has 0 radical (unpaired) electrons. The van der Waals surface area contributed by atoms with E-state index in [-0.39, 0.29) is 5.75 Å². The summed E-state index contributed by atoms with van der Waals surface area (Å²) in [6.45, 7) is 5.28. The molecule has 0 aliphatic heterocycles. The first-order chi connectivity index (χ1) is 7.20. The van der Waals surface area contributed by atoms with Gasteiger partial charge in [-0.15, -0.1) is 0 Å². The zero-order valence-corrected chi connectivity index (χ0v) is 9.73. The fraction of sp³-hybridized carbons (Fsp3) is 0.364. The molecule has 1 rings (SSSR count). The molecule has 16 heavy (non-hydrogen) atoms. The summed E-state index contributed by atoms with van der Waals surface area (Å²) in [7, 11) is 0. The van der Waals surface area contributed by atoms with E-state index in [4.69, 9.17) is 16.6 Å². The Bertz CT molecular complexity index is 328. The second kappa shape index (κ2) is 5.85. The van der Waals surface area contributed by atoms with Crippen LogP contribution in [-0.2, 0) is 4.74 Å². The van der Waals surface area contributed by atoms with Gasteiger partial charge in [-0.25, -0.2) is 4.79 Å². The number of amides is 1. The molecule has 0 aromatic heterocycles. The van der Waals surface area contributed by atoms with Crippen molar-refractivity contribution in [3.05, 3.63) is 24.3 Å². The van der Waals surface area contributed by atoms with E-state index < -0.39 is 11.7 Å². The van der Waals surface area contributed by atoms with Gasteiger partial charge in [0.1, 0.15) is 11.4 Å². The number of ether oxygens (including phenoxy) is 1. The van der Waals surface area contributed by atoms with Gasteiger partial charge in [-0.3, -0.25) is 0 Å². The second-order valence-corrected chi connectivity index (χ2v) is 4.13. The molecule has 0 atom stereocenters. The predicted molar refractivity (Wildman–Crippen MR) is 62.9 cm³/mol. The maximum Gasteiger partial charge on any atom is 0.405 e. The standard InChI is InChI=1S/C6H7NO.C5H11NO2/c7-5-2-1-3-6(8)4-5;1-5(2,3)8-4(6)7/h1-4,8H,7H2;1-3H3,(H2,6,7). The Morgan fingerprint density at radius 3 is 2.12 bits per heavy atom. The number of hydrogen-bond acceptors (Lipinski definition) is 4. The van der Waals surface area contributed by atoms with Crippen molar-refractivity contribution in [1.82, 2.24) is 0 Å². The van der Waals surface area contributed by atoms with E-state index in [1.54, 1.807) is 39.0 Å². The molecule has 5 N–H and O–H groups in total. The lowest BCUT2D eigenvalue weighted by molar-refractivity contribution is 0.0600. The number of rotatable bonds is 0. The highest BCUT2D eigenvalue weighted by Gasteiger charge is 2.12. The molecule has 1 aromatic carbocycles. The van der Waals surface area contributed by atoms with Crippen LogP contribution in [0.1, 0.15) is 20.8 Å². The molecule has 5 heteroatoms. The van der Waals surface area contributed by atoms with Gasteiger partial charge in [0.15, 0.2) is 0 Å². The molecule has 90 valence electrons. The molecule has 0 unspecified atom stereocenters. The topological polar surface area (TPSA) is 98.6 Å². The van der Waals surface area contributed by atoms with Gasteiger partial charge in [-0.05, 0) is 32.9 Å². The molecule has 0 fully saturated rings. The van der Waals surface area contributed by atoms with E-state index >= 15 is 0 Å². The predicted octanol–water partition coefficient (Wildman–Crippen LogP) is 1.85. The van der Waals surface area contributed by atoms with Gasteiger partial charge in [0.25, 0.3) is 0 Å². The van der Waals surface area contributed by atoms with E-state index in [0.29, 0.717) is 5.69 Å². The number of carbonyl (C=O) groups excluding carboxylic acids is 1. The number of aromatic hydroxyl groups is 1. The number of anilines is 1. The SMILES string of the molecule is CC(C)(C)OC(N)=O.Nc1cccc(O)c1. The molecule has 0 saturated carbocycles. The maximum atomic E-state index is 10.0. The summed E-state index contributed by atoms with van der Waals surface area (Å²) in [5, 5.41) is 8.73. The zero-order valence-electron chi connectivity index (χ0n) is 9.73. The summed E-state index contributed by atoms with van der Waals surface area (Å²) >= 11 is 0. The molecule has 0 heterocycles. The molecular formula is C11H18N2O3. The number of phenols is 1. The highest BCUT2D eigenvalue weighted by molar-refractivity contribution is 5.65. The highest BCUT2D eigenvalue weighted by Crippen LogP contribution is 2.10. The summed E-state index contributed by atoms with van der Waals surface area (Å²) in [5.74, 6) is 0.213. The lowest BCUT2D eigenvalue weighted by Gasteiger charge is -2.16. The van der Waals surface area contributed by atoms with E-state index in [1.165, 1.54) is 6.07 Å². The minimum atomic E-state index is -0.725. The third kappa shape index (κ3) is 8.68. The largest absolute Gasteiger partial charge is 0.508 e. The van der Waals surface area contributed by atoms with Crippen molar-refractivity contribution in [2.75, 3.05) is 5.73 Å². The van der Waals surface area contributed by atoms with Crippen LogP contribution in [0, 0.1) is 0 Å². The Balaban J connectivity index is 0.000000281. The number of hydrogen-bond donors (Lipinski definition) is 3. The highest BCUT2D eigenvalue weighted by atomic mass is 16.6. The number of nitrogens with two attached hydrogens (primary N) is 2. The minimum absolute atomic E-state index is 0.213. The number of benzene rings is 1. The van der Waals surface area contributed by atoms with Crippen LogP contribution in [0.4, 0.5) is 10.5 Å². The van der Waals surface area contributed by atoms with Crippen molar-refractivity contribution in [3.8, 4) is 5.75 Å². The third-order valence-corrected chi connectivity index (χ3v) is 1.28. The summed E-state index contributed by atoms with van der Waals surface area (Å²) < 4.78 is 4.58. The van der Waals surface area contributed by atoms with Crippen LogP contribution >= 0.6 is 0 Å². The first-order valence-electron chi connectivity index (χ1n) is 4.73. The summed E-state index contributed by atoms with van der Waals surface area (Å²) in [6, 6.07) is 6.50. The van der Waals surface area contributed by atoms with Crippen LogP contribution in [0.25, 0.3) is 0 Å². The summed E-state index contributed by atoms with van der Waals surface area (Å²) in [5.41, 5.74) is 10.2. The molecule has 0 spiro atoms. The Labute approximate surface area is 95.0 Å². The van der Waals surface area contributed by atoms with Crippen molar-refractivity contribution in [2.45, 2.75) is 26.4 Å².